The molecule has 2 rings (SSSR count). The Morgan fingerprint density at radius 3 is 2.53 bits per heavy atom. The number of carboxylic acids is 1. The quantitative estimate of drug-likeness (QED) is 0.819. The van der Waals surface area contributed by atoms with Crippen molar-refractivity contribution in [2.24, 2.45) is 0 Å². The van der Waals surface area contributed by atoms with Gasteiger partial charge in [0.15, 0.2) is 4.67 Å². The largest absolute Gasteiger partial charge is 0.480 e. The second kappa shape index (κ2) is 6.36. The van der Waals surface area contributed by atoms with Crippen LogP contribution in [-0.4, -0.2) is 11.1 Å². The summed E-state index contributed by atoms with van der Waals surface area (Å²) >= 11 is 6.55. The van der Waals surface area contributed by atoms with Crippen LogP contribution in [0.5, 0.6) is 0 Å². The minimum absolute atomic E-state index is 0.329. The summed E-state index contributed by atoms with van der Waals surface area (Å²) in [4.78, 5) is 11.3. The van der Waals surface area contributed by atoms with E-state index in [9.17, 15) is 9.90 Å². The zero-order chi connectivity index (χ0) is 13.8. The summed E-state index contributed by atoms with van der Waals surface area (Å²) in [5.74, 6) is -0.267. The highest BCUT2D eigenvalue weighted by Crippen LogP contribution is 2.27. The van der Waals surface area contributed by atoms with Crippen LogP contribution >= 0.6 is 31.9 Å². The van der Waals surface area contributed by atoms with E-state index in [1.165, 1.54) is 0 Å². The molecule has 0 bridgehead atoms. The Hall–Kier alpha value is -1.11. The van der Waals surface area contributed by atoms with E-state index in [1.54, 1.807) is 18.2 Å². The number of aliphatic carboxylic acids is 1. The van der Waals surface area contributed by atoms with Gasteiger partial charge in [0.25, 0.3) is 0 Å². The van der Waals surface area contributed by atoms with Crippen molar-refractivity contribution in [2.75, 3.05) is 0 Å². The fourth-order valence-electron chi connectivity index (χ4n) is 1.67. The van der Waals surface area contributed by atoms with Crippen molar-refractivity contribution in [2.45, 2.75) is 12.6 Å². The van der Waals surface area contributed by atoms with Gasteiger partial charge in [-0.1, -0.05) is 30.3 Å². The molecule has 0 spiro atoms. The number of carboxylic acid groups (broad SMARTS) is 1. The van der Waals surface area contributed by atoms with E-state index in [-0.39, 0.29) is 0 Å². The van der Waals surface area contributed by atoms with Crippen molar-refractivity contribution in [3.63, 3.8) is 0 Å². The lowest BCUT2D eigenvalue weighted by Crippen LogP contribution is -2.27. The minimum Gasteiger partial charge on any atom is -0.480 e. The van der Waals surface area contributed by atoms with E-state index < -0.39 is 12.0 Å². The van der Waals surface area contributed by atoms with Crippen LogP contribution in [0.3, 0.4) is 0 Å². The maximum atomic E-state index is 11.3. The van der Waals surface area contributed by atoms with Gasteiger partial charge in [-0.15, -0.1) is 0 Å². The SMILES string of the molecule is O=C(O)C(NCc1cc(Br)c(Br)o1)c1ccccc1. The third kappa shape index (κ3) is 3.68. The Labute approximate surface area is 127 Å². The van der Waals surface area contributed by atoms with Crippen molar-refractivity contribution in [3.05, 3.63) is 56.9 Å². The van der Waals surface area contributed by atoms with E-state index in [1.807, 2.05) is 18.2 Å². The highest BCUT2D eigenvalue weighted by atomic mass is 79.9. The molecule has 1 unspecified atom stereocenters. The molecule has 0 amide bonds. The lowest BCUT2D eigenvalue weighted by Gasteiger charge is -2.13. The van der Waals surface area contributed by atoms with Crippen LogP contribution in [0.2, 0.25) is 0 Å². The summed E-state index contributed by atoms with van der Waals surface area (Å²) in [7, 11) is 0. The van der Waals surface area contributed by atoms with Crippen LogP contribution in [0.1, 0.15) is 17.4 Å². The third-order valence-corrected chi connectivity index (χ3v) is 4.27. The van der Waals surface area contributed by atoms with Crippen molar-refractivity contribution >= 4 is 37.8 Å². The normalized spacial score (nSPS) is 12.3. The van der Waals surface area contributed by atoms with E-state index in [0.717, 1.165) is 4.47 Å². The molecular weight excluding hydrogens is 378 g/mol. The number of hydrogen-bond acceptors (Lipinski definition) is 3. The molecule has 1 heterocycles. The molecule has 0 aliphatic rings. The maximum absolute atomic E-state index is 11.3. The molecule has 1 aromatic carbocycles. The summed E-state index contributed by atoms with van der Waals surface area (Å²) < 4.78 is 6.79. The fourth-order valence-corrected chi connectivity index (χ4v) is 2.33. The van der Waals surface area contributed by atoms with Gasteiger partial charge in [0.2, 0.25) is 0 Å². The number of furan rings is 1. The van der Waals surface area contributed by atoms with Gasteiger partial charge in [-0.2, -0.15) is 0 Å². The molecule has 100 valence electrons. The lowest BCUT2D eigenvalue weighted by molar-refractivity contribution is -0.139. The van der Waals surface area contributed by atoms with E-state index in [2.05, 4.69) is 37.2 Å². The average molecular weight is 389 g/mol. The van der Waals surface area contributed by atoms with Crippen LogP contribution in [0, 0.1) is 0 Å². The standard InChI is InChI=1S/C13H11Br2NO3/c14-10-6-9(19-12(10)15)7-16-11(13(17)18)8-4-2-1-3-5-8/h1-6,11,16H,7H2,(H,17,18). The predicted molar refractivity (Wildman–Crippen MR) is 77.8 cm³/mol. The van der Waals surface area contributed by atoms with Gasteiger partial charge in [-0.25, -0.2) is 0 Å². The summed E-state index contributed by atoms with van der Waals surface area (Å²) in [6, 6.07) is 10.1. The second-order valence-electron chi connectivity index (χ2n) is 3.90. The van der Waals surface area contributed by atoms with Gasteiger partial charge in [-0.05, 0) is 43.5 Å². The molecular formula is C13H11Br2NO3. The molecule has 2 N–H and O–H groups in total. The summed E-state index contributed by atoms with van der Waals surface area (Å²) in [5.41, 5.74) is 0.708. The van der Waals surface area contributed by atoms with E-state index in [0.29, 0.717) is 22.5 Å². The monoisotopic (exact) mass is 387 g/mol. The topological polar surface area (TPSA) is 62.5 Å². The number of rotatable bonds is 5. The van der Waals surface area contributed by atoms with Gasteiger partial charge >= 0.3 is 5.97 Å². The molecule has 1 atom stereocenters. The van der Waals surface area contributed by atoms with Gasteiger partial charge in [0, 0.05) is 0 Å². The van der Waals surface area contributed by atoms with Crippen LogP contribution in [0.4, 0.5) is 0 Å². The van der Waals surface area contributed by atoms with Crippen LogP contribution < -0.4 is 5.32 Å². The molecule has 19 heavy (non-hydrogen) atoms. The molecule has 0 fully saturated rings. The van der Waals surface area contributed by atoms with Crippen molar-refractivity contribution < 1.29 is 14.3 Å². The highest BCUT2D eigenvalue weighted by Gasteiger charge is 2.19. The fraction of sp³-hybridized carbons (Fsp3) is 0.154. The number of carbonyl (C=O) groups is 1. The van der Waals surface area contributed by atoms with Crippen molar-refractivity contribution in [1.82, 2.24) is 5.32 Å². The number of hydrogen-bond donors (Lipinski definition) is 2. The molecule has 0 aliphatic carbocycles. The molecule has 6 heteroatoms. The number of halogens is 2. The molecule has 1 aromatic heterocycles. The first-order valence-electron chi connectivity index (χ1n) is 5.53. The van der Waals surface area contributed by atoms with Crippen LogP contribution in [0.15, 0.2) is 50.0 Å². The van der Waals surface area contributed by atoms with Gasteiger partial charge in [0.1, 0.15) is 11.8 Å². The maximum Gasteiger partial charge on any atom is 0.325 e. The average Bonchev–Trinajstić information content (AvgIpc) is 2.70. The lowest BCUT2D eigenvalue weighted by atomic mass is 10.1. The first-order valence-corrected chi connectivity index (χ1v) is 7.11. The smallest absolute Gasteiger partial charge is 0.325 e. The molecule has 4 nitrogen and oxygen atoms in total. The zero-order valence-corrected chi connectivity index (χ0v) is 12.9. The predicted octanol–water partition coefficient (Wildman–Crippen LogP) is 3.72. The van der Waals surface area contributed by atoms with E-state index in [4.69, 9.17) is 4.42 Å². The van der Waals surface area contributed by atoms with Gasteiger partial charge in [0.05, 0.1) is 11.0 Å². The van der Waals surface area contributed by atoms with Crippen molar-refractivity contribution in [1.29, 1.82) is 0 Å². The van der Waals surface area contributed by atoms with Gasteiger partial charge in [-0.3, -0.25) is 10.1 Å². The summed E-state index contributed by atoms with van der Waals surface area (Å²) in [6.45, 7) is 0.329. The highest BCUT2D eigenvalue weighted by molar-refractivity contribution is 9.13. The molecule has 0 saturated carbocycles. The molecule has 0 saturated heterocycles. The first-order chi connectivity index (χ1) is 9.08. The van der Waals surface area contributed by atoms with Crippen LogP contribution in [-0.2, 0) is 11.3 Å². The summed E-state index contributed by atoms with van der Waals surface area (Å²) in [6.07, 6.45) is 0. The zero-order valence-electron chi connectivity index (χ0n) is 9.77. The molecule has 0 radical (unpaired) electrons. The Morgan fingerprint density at radius 1 is 1.32 bits per heavy atom. The Kier molecular flexibility index (Phi) is 4.79. The number of benzene rings is 1. The summed E-state index contributed by atoms with van der Waals surface area (Å²) in [5, 5.41) is 12.2. The third-order valence-electron chi connectivity index (χ3n) is 2.56. The minimum atomic E-state index is -0.920. The Bertz CT molecular complexity index is 549. The van der Waals surface area contributed by atoms with Crippen LogP contribution in [0.25, 0.3) is 0 Å². The van der Waals surface area contributed by atoms with Crippen molar-refractivity contribution in [3.8, 4) is 0 Å². The Morgan fingerprint density at radius 2 is 2.00 bits per heavy atom. The first kappa shape index (κ1) is 14.3. The molecule has 0 aliphatic heterocycles. The molecule has 2 aromatic rings. The van der Waals surface area contributed by atoms with Gasteiger partial charge < -0.3 is 9.52 Å². The Balaban J connectivity index is 2.08. The van der Waals surface area contributed by atoms with E-state index >= 15 is 0 Å². The number of nitrogens with one attached hydrogen (secondary N) is 1. The second-order valence-corrected chi connectivity index (χ2v) is 5.47.